The van der Waals surface area contributed by atoms with Crippen LogP contribution in [0.4, 0.5) is 0 Å². The number of rotatable bonds is 2. The van der Waals surface area contributed by atoms with Gasteiger partial charge in [-0.2, -0.15) is 0 Å². The lowest BCUT2D eigenvalue weighted by molar-refractivity contribution is -0.164. The normalized spacial score (nSPS) is 21.1. The Balaban J connectivity index is 2.68. The van der Waals surface area contributed by atoms with Crippen LogP contribution in [0.25, 0.3) is 0 Å². The molecule has 0 heterocycles. The highest BCUT2D eigenvalue weighted by molar-refractivity contribution is 5.81. The van der Waals surface area contributed by atoms with Gasteiger partial charge in [0.1, 0.15) is 11.1 Å². The molecule has 0 saturated heterocycles. The van der Waals surface area contributed by atoms with Gasteiger partial charge in [0, 0.05) is 0 Å². The van der Waals surface area contributed by atoms with Crippen LogP contribution >= 0.6 is 0 Å². The van der Waals surface area contributed by atoms with Crippen molar-refractivity contribution in [1.82, 2.24) is 5.32 Å². The van der Waals surface area contributed by atoms with Crippen LogP contribution in [-0.2, 0) is 9.53 Å². The monoisotopic (exact) mass is 213 g/mol. The van der Waals surface area contributed by atoms with Crippen LogP contribution in [0.3, 0.4) is 0 Å². The summed E-state index contributed by atoms with van der Waals surface area (Å²) in [5, 5.41) is 3.17. The average molecular weight is 213 g/mol. The number of hydrogen-bond acceptors (Lipinski definition) is 3. The molecule has 3 heteroatoms. The summed E-state index contributed by atoms with van der Waals surface area (Å²) in [7, 11) is 1.86. The van der Waals surface area contributed by atoms with E-state index < -0.39 is 11.1 Å². The summed E-state index contributed by atoms with van der Waals surface area (Å²) >= 11 is 0. The molecule has 0 unspecified atom stereocenters. The zero-order valence-electron chi connectivity index (χ0n) is 10.4. The number of carbonyl (C=O) groups excluding carboxylic acids is 1. The molecule has 1 rings (SSSR count). The Hall–Kier alpha value is -0.570. The molecule has 1 fully saturated rings. The number of hydrogen-bond donors (Lipinski definition) is 1. The van der Waals surface area contributed by atoms with Crippen LogP contribution in [0.15, 0.2) is 0 Å². The van der Waals surface area contributed by atoms with E-state index in [-0.39, 0.29) is 5.97 Å². The molecule has 1 aliphatic carbocycles. The molecule has 0 radical (unpaired) electrons. The van der Waals surface area contributed by atoms with E-state index in [0.717, 1.165) is 25.7 Å². The minimum Gasteiger partial charge on any atom is -0.459 e. The third kappa shape index (κ3) is 3.20. The fraction of sp³-hybridized carbons (Fsp3) is 0.917. The number of esters is 1. The summed E-state index contributed by atoms with van der Waals surface area (Å²) in [5.74, 6) is -0.0859. The van der Waals surface area contributed by atoms with Gasteiger partial charge in [0.05, 0.1) is 0 Å². The van der Waals surface area contributed by atoms with Gasteiger partial charge in [-0.3, -0.25) is 4.79 Å². The summed E-state index contributed by atoms with van der Waals surface area (Å²) in [6.45, 7) is 5.74. The lowest BCUT2D eigenvalue weighted by atomic mass is 9.81. The van der Waals surface area contributed by atoms with Gasteiger partial charge < -0.3 is 10.1 Å². The third-order valence-corrected chi connectivity index (χ3v) is 2.98. The first-order valence-corrected chi connectivity index (χ1v) is 5.82. The summed E-state index contributed by atoms with van der Waals surface area (Å²) < 4.78 is 5.47. The fourth-order valence-corrected chi connectivity index (χ4v) is 2.09. The van der Waals surface area contributed by atoms with Crippen molar-refractivity contribution in [1.29, 1.82) is 0 Å². The van der Waals surface area contributed by atoms with Crippen LogP contribution in [0.1, 0.15) is 52.9 Å². The highest BCUT2D eigenvalue weighted by Gasteiger charge is 2.40. The van der Waals surface area contributed by atoms with Crippen molar-refractivity contribution >= 4 is 5.97 Å². The topological polar surface area (TPSA) is 38.3 Å². The third-order valence-electron chi connectivity index (χ3n) is 2.98. The van der Waals surface area contributed by atoms with E-state index in [1.165, 1.54) is 6.42 Å². The van der Waals surface area contributed by atoms with Crippen molar-refractivity contribution in [2.75, 3.05) is 7.05 Å². The molecule has 3 nitrogen and oxygen atoms in total. The highest BCUT2D eigenvalue weighted by Crippen LogP contribution is 2.30. The molecule has 0 atom stereocenters. The predicted molar refractivity (Wildman–Crippen MR) is 60.7 cm³/mol. The van der Waals surface area contributed by atoms with E-state index in [4.69, 9.17) is 4.74 Å². The standard InChI is InChI=1S/C12H23NO2/c1-11(2,3)15-10(14)12(13-4)8-6-5-7-9-12/h13H,5-9H2,1-4H3. The Kier molecular flexibility index (Phi) is 3.77. The van der Waals surface area contributed by atoms with Gasteiger partial charge >= 0.3 is 5.97 Å². The fourth-order valence-electron chi connectivity index (χ4n) is 2.09. The smallest absolute Gasteiger partial charge is 0.326 e. The minimum atomic E-state index is -0.425. The molecule has 0 spiro atoms. The lowest BCUT2D eigenvalue weighted by Crippen LogP contribution is -2.54. The number of nitrogens with one attached hydrogen (secondary N) is 1. The quantitative estimate of drug-likeness (QED) is 0.715. The summed E-state index contributed by atoms with van der Waals surface area (Å²) in [6, 6.07) is 0. The average Bonchev–Trinajstić information content (AvgIpc) is 2.16. The predicted octanol–water partition coefficient (Wildman–Crippen LogP) is 2.25. The van der Waals surface area contributed by atoms with Gasteiger partial charge in [0.2, 0.25) is 0 Å². The summed E-state index contributed by atoms with van der Waals surface area (Å²) in [6.07, 6.45) is 5.25. The van der Waals surface area contributed by atoms with E-state index in [1.54, 1.807) is 0 Å². The van der Waals surface area contributed by atoms with E-state index in [0.29, 0.717) is 0 Å². The van der Waals surface area contributed by atoms with Crippen LogP contribution in [0.2, 0.25) is 0 Å². The number of ether oxygens (including phenoxy) is 1. The second-order valence-electron chi connectivity index (χ2n) is 5.39. The molecule has 15 heavy (non-hydrogen) atoms. The molecule has 0 aromatic rings. The molecule has 88 valence electrons. The van der Waals surface area contributed by atoms with E-state index in [1.807, 2.05) is 27.8 Å². The van der Waals surface area contributed by atoms with Crippen LogP contribution < -0.4 is 5.32 Å². The largest absolute Gasteiger partial charge is 0.459 e. The minimum absolute atomic E-state index is 0.0859. The SMILES string of the molecule is CNC1(C(=O)OC(C)(C)C)CCCCC1. The van der Waals surface area contributed by atoms with Crippen molar-refractivity contribution in [2.24, 2.45) is 0 Å². The Morgan fingerprint density at radius 3 is 2.13 bits per heavy atom. The Morgan fingerprint density at radius 2 is 1.73 bits per heavy atom. The van der Waals surface area contributed by atoms with Gasteiger partial charge in [-0.1, -0.05) is 19.3 Å². The van der Waals surface area contributed by atoms with E-state index in [2.05, 4.69) is 5.32 Å². The second-order valence-corrected chi connectivity index (χ2v) is 5.39. The molecule has 0 amide bonds. The Morgan fingerprint density at radius 1 is 1.20 bits per heavy atom. The maximum Gasteiger partial charge on any atom is 0.326 e. The van der Waals surface area contributed by atoms with E-state index in [9.17, 15) is 4.79 Å². The van der Waals surface area contributed by atoms with Crippen molar-refractivity contribution < 1.29 is 9.53 Å². The van der Waals surface area contributed by atoms with Crippen molar-refractivity contribution in [3.05, 3.63) is 0 Å². The molecule has 0 bridgehead atoms. The number of likely N-dealkylation sites (N-methyl/N-ethyl adjacent to an activating group) is 1. The van der Waals surface area contributed by atoms with Gasteiger partial charge in [-0.15, -0.1) is 0 Å². The van der Waals surface area contributed by atoms with Crippen molar-refractivity contribution in [3.63, 3.8) is 0 Å². The van der Waals surface area contributed by atoms with Crippen molar-refractivity contribution in [3.8, 4) is 0 Å². The zero-order valence-corrected chi connectivity index (χ0v) is 10.4. The van der Waals surface area contributed by atoms with Gasteiger partial charge in [-0.05, 0) is 40.7 Å². The van der Waals surface area contributed by atoms with Crippen molar-refractivity contribution in [2.45, 2.75) is 64.0 Å². The highest BCUT2D eigenvalue weighted by atomic mass is 16.6. The zero-order chi connectivity index (χ0) is 11.5. The first kappa shape index (κ1) is 12.5. The Labute approximate surface area is 92.6 Å². The van der Waals surface area contributed by atoms with Crippen LogP contribution in [0.5, 0.6) is 0 Å². The second kappa shape index (κ2) is 4.52. The van der Waals surface area contributed by atoms with Gasteiger partial charge in [-0.25, -0.2) is 0 Å². The molecule has 0 aromatic heterocycles. The van der Waals surface area contributed by atoms with E-state index >= 15 is 0 Å². The molecule has 1 aliphatic rings. The van der Waals surface area contributed by atoms with Crippen LogP contribution in [0, 0.1) is 0 Å². The molecule has 0 aliphatic heterocycles. The lowest BCUT2D eigenvalue weighted by Gasteiger charge is -2.36. The molecule has 0 aromatic carbocycles. The Bertz CT molecular complexity index is 224. The molecule has 1 N–H and O–H groups in total. The van der Waals surface area contributed by atoms with Gasteiger partial charge in [0.25, 0.3) is 0 Å². The maximum atomic E-state index is 12.1. The first-order chi connectivity index (χ1) is 6.90. The summed E-state index contributed by atoms with van der Waals surface area (Å²) in [4.78, 5) is 12.1. The van der Waals surface area contributed by atoms with Gasteiger partial charge in [0.15, 0.2) is 0 Å². The number of carbonyl (C=O) groups is 1. The maximum absolute atomic E-state index is 12.1. The van der Waals surface area contributed by atoms with Crippen LogP contribution in [-0.4, -0.2) is 24.2 Å². The molecular weight excluding hydrogens is 190 g/mol. The molecular formula is C12H23NO2. The summed E-state index contributed by atoms with van der Waals surface area (Å²) in [5.41, 5.74) is -0.816. The molecule has 1 saturated carbocycles. The first-order valence-electron chi connectivity index (χ1n) is 5.82.